The van der Waals surface area contributed by atoms with Gasteiger partial charge in [-0.2, -0.15) is 18.3 Å². The second kappa shape index (κ2) is 5.67. The van der Waals surface area contributed by atoms with Crippen LogP contribution in [0.3, 0.4) is 0 Å². The van der Waals surface area contributed by atoms with E-state index >= 15 is 0 Å². The van der Waals surface area contributed by atoms with Crippen LogP contribution in [0.1, 0.15) is 23.8 Å². The zero-order valence-corrected chi connectivity index (χ0v) is 12.3. The van der Waals surface area contributed by atoms with Crippen LogP contribution in [0.25, 0.3) is 0 Å². The normalized spacial score (nSPS) is 17.8. The Morgan fingerprint density at radius 3 is 2.91 bits per heavy atom. The maximum atomic E-state index is 12.5. The Morgan fingerprint density at radius 2 is 2.22 bits per heavy atom. The van der Waals surface area contributed by atoms with Gasteiger partial charge >= 0.3 is 6.18 Å². The number of aryl methyl sites for hydroxylation is 2. The van der Waals surface area contributed by atoms with Gasteiger partial charge in [-0.25, -0.2) is 0 Å². The lowest BCUT2D eigenvalue weighted by atomic mass is 10.1. The Balaban J connectivity index is 1.58. The average Bonchev–Trinajstić information content (AvgIpc) is 3.06. The van der Waals surface area contributed by atoms with Crippen molar-refractivity contribution in [1.82, 2.24) is 29.9 Å². The lowest BCUT2D eigenvalue weighted by Crippen LogP contribution is -2.42. The number of rotatable bonds is 3. The van der Waals surface area contributed by atoms with E-state index in [1.165, 1.54) is 0 Å². The summed E-state index contributed by atoms with van der Waals surface area (Å²) in [6.07, 6.45) is -1.94. The monoisotopic (exact) mass is 328 g/mol. The molecule has 1 aliphatic rings. The molecule has 23 heavy (non-hydrogen) atoms. The molecule has 3 heterocycles. The molecule has 124 valence electrons. The largest absolute Gasteiger partial charge is 0.435 e. The maximum absolute atomic E-state index is 12.5. The number of nitrogens with zero attached hydrogens (tertiary/aromatic N) is 5. The van der Waals surface area contributed by atoms with Crippen LogP contribution < -0.4 is 5.32 Å². The van der Waals surface area contributed by atoms with Gasteiger partial charge in [0, 0.05) is 25.2 Å². The molecule has 0 radical (unpaired) electrons. The quantitative estimate of drug-likeness (QED) is 0.909. The van der Waals surface area contributed by atoms with E-state index in [4.69, 9.17) is 0 Å². The van der Waals surface area contributed by atoms with E-state index in [1.807, 2.05) is 11.5 Å². The molecule has 1 N–H and O–H groups in total. The maximum Gasteiger partial charge on any atom is 0.435 e. The van der Waals surface area contributed by atoms with Crippen LogP contribution in [0.5, 0.6) is 0 Å². The van der Waals surface area contributed by atoms with E-state index in [9.17, 15) is 18.0 Å². The molecule has 0 saturated heterocycles. The van der Waals surface area contributed by atoms with Crippen molar-refractivity contribution in [3.8, 4) is 0 Å². The van der Waals surface area contributed by atoms with E-state index in [0.717, 1.165) is 35.0 Å². The predicted molar refractivity (Wildman–Crippen MR) is 72.2 cm³/mol. The van der Waals surface area contributed by atoms with Gasteiger partial charge in [0.05, 0.1) is 0 Å². The Labute approximate surface area is 129 Å². The van der Waals surface area contributed by atoms with Crippen molar-refractivity contribution in [2.75, 3.05) is 0 Å². The molecule has 0 spiro atoms. The summed E-state index contributed by atoms with van der Waals surface area (Å²) >= 11 is 0. The average molecular weight is 328 g/mol. The van der Waals surface area contributed by atoms with E-state index in [1.54, 1.807) is 0 Å². The summed E-state index contributed by atoms with van der Waals surface area (Å²) in [5, 5.41) is 14.2. The highest BCUT2D eigenvalue weighted by Crippen LogP contribution is 2.27. The first-order valence-corrected chi connectivity index (χ1v) is 7.11. The van der Waals surface area contributed by atoms with Gasteiger partial charge in [-0.15, -0.1) is 10.2 Å². The Hall–Kier alpha value is -2.39. The van der Waals surface area contributed by atoms with Crippen molar-refractivity contribution < 1.29 is 18.0 Å². The lowest BCUT2D eigenvalue weighted by molar-refractivity contribution is -0.141. The van der Waals surface area contributed by atoms with Crippen molar-refractivity contribution in [1.29, 1.82) is 0 Å². The number of aromatic nitrogens is 5. The molecule has 0 fully saturated rings. The van der Waals surface area contributed by atoms with E-state index in [-0.39, 0.29) is 18.5 Å². The highest BCUT2D eigenvalue weighted by atomic mass is 19.4. The van der Waals surface area contributed by atoms with Crippen LogP contribution in [0.2, 0.25) is 0 Å². The number of carbonyl (C=O) groups is 1. The second-order valence-electron chi connectivity index (χ2n) is 5.47. The predicted octanol–water partition coefficient (Wildman–Crippen LogP) is 0.933. The second-order valence-corrected chi connectivity index (χ2v) is 5.47. The van der Waals surface area contributed by atoms with Gasteiger partial charge < -0.3 is 9.88 Å². The molecule has 3 rings (SSSR count). The summed E-state index contributed by atoms with van der Waals surface area (Å²) in [4.78, 5) is 12.0. The van der Waals surface area contributed by atoms with Crippen molar-refractivity contribution in [2.45, 2.75) is 45.1 Å². The van der Waals surface area contributed by atoms with Crippen molar-refractivity contribution in [3.63, 3.8) is 0 Å². The molecule has 10 heteroatoms. The van der Waals surface area contributed by atoms with E-state index in [0.29, 0.717) is 13.0 Å². The Morgan fingerprint density at radius 1 is 1.43 bits per heavy atom. The molecular formula is C13H15F3N6O. The molecule has 0 bridgehead atoms. The molecule has 0 aromatic carbocycles. The van der Waals surface area contributed by atoms with Gasteiger partial charge in [-0.1, -0.05) is 0 Å². The SMILES string of the molecule is Cc1nnc2n1C[C@@H](NC(=O)Cn1ccc(C(F)(F)F)n1)CC2. The first-order valence-electron chi connectivity index (χ1n) is 7.11. The number of hydrogen-bond acceptors (Lipinski definition) is 4. The standard InChI is InChI=1S/C13H15F3N6O/c1-8-18-19-11-3-2-9(6-22(8)11)17-12(23)7-21-5-4-10(20-21)13(14,15)16/h4-5,9H,2-3,6-7H2,1H3,(H,17,23)/t9-/m0/s1. The minimum atomic E-state index is -4.51. The van der Waals surface area contributed by atoms with Crippen molar-refractivity contribution >= 4 is 5.91 Å². The number of halogens is 3. The zero-order chi connectivity index (χ0) is 16.6. The van der Waals surface area contributed by atoms with Gasteiger partial charge in [0.2, 0.25) is 5.91 Å². The molecule has 2 aromatic heterocycles. The summed E-state index contributed by atoms with van der Waals surface area (Å²) in [5.41, 5.74) is -1.01. The molecule has 0 saturated carbocycles. The van der Waals surface area contributed by atoms with Crippen molar-refractivity contribution in [3.05, 3.63) is 29.6 Å². The third-order valence-electron chi connectivity index (χ3n) is 3.73. The number of hydrogen-bond donors (Lipinski definition) is 1. The zero-order valence-electron chi connectivity index (χ0n) is 12.3. The van der Waals surface area contributed by atoms with E-state index < -0.39 is 11.9 Å². The minimum absolute atomic E-state index is 0.0950. The molecule has 2 aromatic rings. The fourth-order valence-electron chi connectivity index (χ4n) is 2.60. The van der Waals surface area contributed by atoms with Crippen LogP contribution in [0.4, 0.5) is 13.2 Å². The van der Waals surface area contributed by atoms with Crippen LogP contribution in [-0.4, -0.2) is 36.5 Å². The first kappa shape index (κ1) is 15.5. The smallest absolute Gasteiger partial charge is 0.350 e. The van der Waals surface area contributed by atoms with Gasteiger partial charge in [0.25, 0.3) is 0 Å². The van der Waals surface area contributed by atoms with E-state index in [2.05, 4.69) is 20.6 Å². The molecule has 1 amide bonds. The number of alkyl halides is 3. The Bertz CT molecular complexity index is 720. The fourth-order valence-corrected chi connectivity index (χ4v) is 2.60. The summed E-state index contributed by atoms with van der Waals surface area (Å²) in [5.74, 6) is 1.29. The number of carbonyl (C=O) groups excluding carboxylic acids is 1. The first-order chi connectivity index (χ1) is 10.8. The molecule has 0 aliphatic carbocycles. The van der Waals surface area contributed by atoms with Crippen LogP contribution in [-0.2, 0) is 30.5 Å². The fraction of sp³-hybridized carbons (Fsp3) is 0.538. The van der Waals surface area contributed by atoms with Gasteiger partial charge in [0.1, 0.15) is 18.2 Å². The topological polar surface area (TPSA) is 77.6 Å². The van der Waals surface area contributed by atoms with Gasteiger partial charge in [-0.05, 0) is 19.4 Å². The third-order valence-corrected chi connectivity index (χ3v) is 3.73. The highest BCUT2D eigenvalue weighted by Gasteiger charge is 2.33. The summed E-state index contributed by atoms with van der Waals surface area (Å²) in [6, 6.07) is 0.753. The van der Waals surface area contributed by atoms with Gasteiger partial charge in [0.15, 0.2) is 5.69 Å². The number of fused-ring (bicyclic) bond motifs is 1. The molecular weight excluding hydrogens is 313 g/mol. The summed E-state index contributed by atoms with van der Waals surface area (Å²) < 4.78 is 40.3. The third kappa shape index (κ3) is 3.35. The number of nitrogens with one attached hydrogen (secondary N) is 1. The van der Waals surface area contributed by atoms with Crippen molar-refractivity contribution in [2.24, 2.45) is 0 Å². The summed E-state index contributed by atoms with van der Waals surface area (Å²) in [7, 11) is 0. The number of amides is 1. The van der Waals surface area contributed by atoms with Gasteiger partial charge in [-0.3, -0.25) is 9.48 Å². The van der Waals surface area contributed by atoms with Crippen LogP contribution >= 0.6 is 0 Å². The van der Waals surface area contributed by atoms with Crippen LogP contribution in [0, 0.1) is 6.92 Å². The molecule has 0 unspecified atom stereocenters. The molecule has 1 aliphatic heterocycles. The highest BCUT2D eigenvalue weighted by molar-refractivity contribution is 5.75. The Kier molecular flexibility index (Phi) is 3.82. The van der Waals surface area contributed by atoms with Crippen LogP contribution in [0.15, 0.2) is 12.3 Å². The molecule has 7 nitrogen and oxygen atoms in total. The minimum Gasteiger partial charge on any atom is -0.350 e. The lowest BCUT2D eigenvalue weighted by Gasteiger charge is -2.24. The summed E-state index contributed by atoms with van der Waals surface area (Å²) in [6.45, 7) is 2.15. The molecule has 1 atom stereocenters.